The number of imidazole rings is 1. The molecule has 2 aromatic carbocycles. The van der Waals surface area contributed by atoms with E-state index in [1.807, 2.05) is 30.3 Å². The molecule has 0 atom stereocenters. The summed E-state index contributed by atoms with van der Waals surface area (Å²) in [7, 11) is 0. The van der Waals surface area contributed by atoms with Crippen molar-refractivity contribution in [2.75, 3.05) is 0 Å². The zero-order chi connectivity index (χ0) is 15.9. The molecule has 0 saturated heterocycles. The second kappa shape index (κ2) is 5.13. The molecule has 22 heavy (non-hydrogen) atoms. The number of benzene rings is 2. The Bertz CT molecular complexity index is 857. The van der Waals surface area contributed by atoms with E-state index >= 15 is 0 Å². The molecule has 0 aliphatic rings. The Balaban J connectivity index is 2.22. The van der Waals surface area contributed by atoms with Gasteiger partial charge in [0.15, 0.2) is 0 Å². The van der Waals surface area contributed by atoms with Gasteiger partial charge in [-0.25, -0.2) is 4.98 Å². The minimum Gasteiger partial charge on any atom is -0.426 e. The van der Waals surface area contributed by atoms with Crippen LogP contribution >= 0.6 is 0 Å². The number of nitrogens with one attached hydrogen (secondary N) is 1. The lowest BCUT2D eigenvalue weighted by Crippen LogP contribution is -2.10. The fraction of sp³-hybridized carbons (Fsp3) is 0.333. The molecule has 0 unspecified atom stereocenters. The maximum atomic E-state index is 11.3. The van der Waals surface area contributed by atoms with Crippen molar-refractivity contribution in [2.45, 2.75) is 34.1 Å². The SMILES string of the molecule is CC(=O)Oc1cc2[nH]c(CC(C)(C)C)nc2c2ccccc12. The molecule has 4 heteroatoms. The summed E-state index contributed by atoms with van der Waals surface area (Å²) in [6.45, 7) is 7.96. The molecule has 1 N–H and O–H groups in total. The van der Waals surface area contributed by atoms with Gasteiger partial charge in [0.05, 0.1) is 11.0 Å². The molecule has 0 bridgehead atoms. The van der Waals surface area contributed by atoms with Gasteiger partial charge < -0.3 is 9.72 Å². The normalized spacial score (nSPS) is 12.0. The molecule has 0 spiro atoms. The monoisotopic (exact) mass is 296 g/mol. The number of hydrogen-bond acceptors (Lipinski definition) is 3. The largest absolute Gasteiger partial charge is 0.426 e. The summed E-state index contributed by atoms with van der Waals surface area (Å²) < 4.78 is 5.36. The minimum absolute atomic E-state index is 0.155. The molecule has 0 aliphatic carbocycles. The average Bonchev–Trinajstić information content (AvgIpc) is 2.78. The highest BCUT2D eigenvalue weighted by molar-refractivity contribution is 6.07. The highest BCUT2D eigenvalue weighted by Gasteiger charge is 2.17. The number of carbonyl (C=O) groups excluding carboxylic acids is 1. The third kappa shape index (κ3) is 2.82. The van der Waals surface area contributed by atoms with Crippen molar-refractivity contribution in [3.63, 3.8) is 0 Å². The van der Waals surface area contributed by atoms with Gasteiger partial charge in [-0.2, -0.15) is 0 Å². The number of nitrogens with zero attached hydrogens (tertiary/aromatic N) is 1. The zero-order valence-electron chi connectivity index (χ0n) is 13.4. The number of esters is 1. The van der Waals surface area contributed by atoms with Crippen molar-refractivity contribution in [3.8, 4) is 5.75 Å². The van der Waals surface area contributed by atoms with E-state index in [0.717, 1.165) is 34.1 Å². The molecule has 114 valence electrons. The van der Waals surface area contributed by atoms with Crippen LogP contribution in [0.15, 0.2) is 30.3 Å². The molecule has 1 heterocycles. The number of aromatic amines is 1. The fourth-order valence-corrected chi connectivity index (χ4v) is 2.69. The number of H-pyrrole nitrogens is 1. The summed E-state index contributed by atoms with van der Waals surface area (Å²) in [5, 5.41) is 1.90. The standard InChI is InChI=1S/C18H20N2O2/c1-11(21)22-15-9-14-17(13-8-6-5-7-12(13)15)20-16(19-14)10-18(2,3)4/h5-9H,10H2,1-4H3,(H,19,20). The molecule has 0 saturated carbocycles. The first-order valence-corrected chi connectivity index (χ1v) is 7.42. The first-order valence-electron chi connectivity index (χ1n) is 7.42. The third-order valence-electron chi connectivity index (χ3n) is 3.46. The van der Waals surface area contributed by atoms with E-state index in [2.05, 4.69) is 25.8 Å². The first-order chi connectivity index (χ1) is 10.3. The maximum absolute atomic E-state index is 11.3. The van der Waals surface area contributed by atoms with Crippen LogP contribution < -0.4 is 4.74 Å². The molecule has 4 nitrogen and oxygen atoms in total. The van der Waals surface area contributed by atoms with Gasteiger partial charge in [0.2, 0.25) is 0 Å². The molecule has 0 radical (unpaired) electrons. The van der Waals surface area contributed by atoms with Crippen LogP contribution in [-0.4, -0.2) is 15.9 Å². The summed E-state index contributed by atoms with van der Waals surface area (Å²) in [6, 6.07) is 9.72. The van der Waals surface area contributed by atoms with Gasteiger partial charge in [0.1, 0.15) is 11.6 Å². The first kappa shape index (κ1) is 14.6. The van der Waals surface area contributed by atoms with Gasteiger partial charge in [-0.05, 0) is 5.41 Å². The van der Waals surface area contributed by atoms with E-state index in [4.69, 9.17) is 9.72 Å². The molecule has 3 aromatic rings. The van der Waals surface area contributed by atoms with E-state index < -0.39 is 0 Å². The van der Waals surface area contributed by atoms with E-state index in [9.17, 15) is 4.79 Å². The zero-order valence-corrected chi connectivity index (χ0v) is 13.4. The Labute approximate surface area is 129 Å². The second-order valence-corrected chi connectivity index (χ2v) is 6.83. The molecule has 3 rings (SSSR count). The Kier molecular flexibility index (Phi) is 3.39. The van der Waals surface area contributed by atoms with Crippen LogP contribution in [0.5, 0.6) is 5.75 Å². The van der Waals surface area contributed by atoms with Crippen LogP contribution in [0.4, 0.5) is 0 Å². The molecule has 0 fully saturated rings. The van der Waals surface area contributed by atoms with Gasteiger partial charge in [-0.1, -0.05) is 45.0 Å². The van der Waals surface area contributed by atoms with E-state index in [1.165, 1.54) is 6.92 Å². The lowest BCUT2D eigenvalue weighted by Gasteiger charge is -2.15. The molecule has 1 aromatic heterocycles. The molecular weight excluding hydrogens is 276 g/mol. The van der Waals surface area contributed by atoms with Gasteiger partial charge >= 0.3 is 5.97 Å². The smallest absolute Gasteiger partial charge is 0.308 e. The Hall–Kier alpha value is -2.36. The molecule has 0 aliphatic heterocycles. The van der Waals surface area contributed by atoms with Crippen molar-refractivity contribution < 1.29 is 9.53 Å². The average molecular weight is 296 g/mol. The summed E-state index contributed by atoms with van der Waals surface area (Å²) in [5.41, 5.74) is 1.97. The van der Waals surface area contributed by atoms with Gasteiger partial charge in [-0.3, -0.25) is 4.79 Å². The Morgan fingerprint density at radius 2 is 1.91 bits per heavy atom. The lowest BCUT2D eigenvalue weighted by molar-refractivity contribution is -0.131. The number of ether oxygens (including phenoxy) is 1. The van der Waals surface area contributed by atoms with Crippen molar-refractivity contribution >= 4 is 27.8 Å². The van der Waals surface area contributed by atoms with E-state index in [-0.39, 0.29) is 11.4 Å². The predicted molar refractivity (Wildman–Crippen MR) is 88.1 cm³/mol. The summed E-state index contributed by atoms with van der Waals surface area (Å²) in [4.78, 5) is 19.4. The topological polar surface area (TPSA) is 55.0 Å². The summed E-state index contributed by atoms with van der Waals surface area (Å²) in [6.07, 6.45) is 0.860. The highest BCUT2D eigenvalue weighted by Crippen LogP contribution is 2.33. The van der Waals surface area contributed by atoms with Crippen LogP contribution in [0, 0.1) is 5.41 Å². The molecule has 0 amide bonds. The number of hydrogen-bond donors (Lipinski definition) is 1. The van der Waals surface area contributed by atoms with Gasteiger partial charge in [-0.15, -0.1) is 0 Å². The highest BCUT2D eigenvalue weighted by atomic mass is 16.5. The lowest BCUT2D eigenvalue weighted by atomic mass is 9.92. The number of rotatable bonds is 2. The van der Waals surface area contributed by atoms with Gasteiger partial charge in [0, 0.05) is 30.2 Å². The number of fused-ring (bicyclic) bond motifs is 3. The summed E-state index contributed by atoms with van der Waals surface area (Å²) in [5.74, 6) is 1.20. The maximum Gasteiger partial charge on any atom is 0.308 e. The summed E-state index contributed by atoms with van der Waals surface area (Å²) >= 11 is 0. The van der Waals surface area contributed by atoms with Crippen molar-refractivity contribution in [1.29, 1.82) is 0 Å². The number of carbonyl (C=O) groups is 1. The third-order valence-corrected chi connectivity index (χ3v) is 3.46. The number of aromatic nitrogens is 2. The van der Waals surface area contributed by atoms with E-state index in [1.54, 1.807) is 0 Å². The van der Waals surface area contributed by atoms with Crippen LogP contribution in [0.1, 0.15) is 33.5 Å². The van der Waals surface area contributed by atoms with Crippen LogP contribution in [0.25, 0.3) is 21.8 Å². The Morgan fingerprint density at radius 3 is 2.55 bits per heavy atom. The Morgan fingerprint density at radius 1 is 1.23 bits per heavy atom. The van der Waals surface area contributed by atoms with Crippen molar-refractivity contribution in [1.82, 2.24) is 9.97 Å². The van der Waals surface area contributed by atoms with Crippen LogP contribution in [0.2, 0.25) is 0 Å². The van der Waals surface area contributed by atoms with E-state index in [0.29, 0.717) is 5.75 Å². The fourth-order valence-electron chi connectivity index (χ4n) is 2.69. The minimum atomic E-state index is -0.320. The quantitative estimate of drug-likeness (QED) is 0.568. The second-order valence-electron chi connectivity index (χ2n) is 6.83. The van der Waals surface area contributed by atoms with Crippen LogP contribution in [0.3, 0.4) is 0 Å². The predicted octanol–water partition coefficient (Wildman–Crippen LogP) is 4.23. The molecular formula is C18H20N2O2. The van der Waals surface area contributed by atoms with Crippen LogP contribution in [-0.2, 0) is 11.2 Å². The van der Waals surface area contributed by atoms with Gasteiger partial charge in [0.25, 0.3) is 0 Å². The van der Waals surface area contributed by atoms with Crippen molar-refractivity contribution in [2.24, 2.45) is 5.41 Å². The van der Waals surface area contributed by atoms with Crippen molar-refractivity contribution in [3.05, 3.63) is 36.2 Å².